The average Bonchev–Trinajstić information content (AvgIpc) is 1.57. The number of anilines is 4. The lowest BCUT2D eigenvalue weighted by Crippen LogP contribution is -2.17. The van der Waals surface area contributed by atoms with Crippen LogP contribution in [0.25, 0.3) is 66.1 Å². The summed E-state index contributed by atoms with van der Waals surface area (Å²) < 4.78 is 160. The van der Waals surface area contributed by atoms with Gasteiger partial charge in [0.05, 0.1) is 76.6 Å². The number of aryl methyl sites for hydroxylation is 3. The standard InChI is InChI=1S/2C23H24N4O2S.C22H19F3N4O2S.C22H22N4O2S/c1-16-13-22(26-30(28,29)19-11-9-18(10-12-19)23(2,3)4)27(25-16)21-15-24-14-17-7-5-6-8-20(17)21;1-16-15-22(26-30(28,29)18-11-9-17(10-12-18)23(2,3)4)27(25-16)21-13-14-24-20-8-6-5-7-19(20)21;1-14(2)15-8-10-16(11-9-15)32(30,31)28-21-13-20(22(23,24)25)27-29(21)19-7-3-6-18-17(19)5-4-12-26-18;1-15(2)17-7-9-19(10-8-17)29(27,28)25-22-13-16(3)24-26(22)21-6-4-5-18-14-23-12-11-20(18)21/h2*5-15,26H,1-4H3;3-14,28H,1-2H3;4-15,25H,1-3H3. The summed E-state index contributed by atoms with van der Waals surface area (Å²) in [5.41, 5.74) is 8.85. The van der Waals surface area contributed by atoms with Crippen LogP contribution in [0, 0.1) is 20.8 Å². The van der Waals surface area contributed by atoms with Crippen LogP contribution in [0.3, 0.4) is 0 Å². The highest BCUT2D eigenvalue weighted by atomic mass is 32.2. The molecule has 0 aliphatic heterocycles. The van der Waals surface area contributed by atoms with Crippen molar-refractivity contribution in [1.82, 2.24) is 59.1 Å². The Morgan fingerprint density at radius 2 is 0.678 bits per heavy atom. The molecule has 0 aliphatic carbocycles. The van der Waals surface area contributed by atoms with Gasteiger partial charge in [-0.05, 0) is 163 Å². The maximum atomic E-state index is 13.4. The Morgan fingerprint density at radius 1 is 0.331 bits per heavy atom. The summed E-state index contributed by atoms with van der Waals surface area (Å²) in [5, 5.41) is 22.4. The van der Waals surface area contributed by atoms with E-state index in [0.717, 1.165) is 70.8 Å². The van der Waals surface area contributed by atoms with E-state index >= 15 is 0 Å². The molecule has 0 amide bonds. The van der Waals surface area contributed by atoms with E-state index in [9.17, 15) is 46.8 Å². The SMILES string of the molecule is CC(C)c1ccc(S(=O)(=O)Nc2cc(C(F)(F)F)nn2-c2cccc3ncccc23)cc1.Cc1cc(NS(=O)(=O)c2ccc(C(C)(C)C)cc2)n(-c2ccnc3ccccc23)n1.Cc1cc(NS(=O)(=O)c2ccc(C(C)(C)C)cc2)n(-c2cncc3ccccc23)n1.Cc1cc(NS(=O)(=O)c2ccc(C(C)C)cc2)n(-c2cccc3cnccc23)n1. The van der Waals surface area contributed by atoms with Gasteiger partial charge in [-0.15, -0.1) is 0 Å². The van der Waals surface area contributed by atoms with Gasteiger partial charge in [-0.3, -0.25) is 38.8 Å². The molecule has 0 saturated heterocycles. The summed E-state index contributed by atoms with van der Waals surface area (Å²) in [7, 11) is -15.5. The second kappa shape index (κ2) is 34.4. The molecule has 8 heterocycles. The van der Waals surface area contributed by atoms with Gasteiger partial charge in [0.15, 0.2) is 5.69 Å². The highest BCUT2D eigenvalue weighted by molar-refractivity contribution is 7.93. The largest absolute Gasteiger partial charge is 0.435 e. The number of nitrogens with zero attached hydrogens (tertiary/aromatic N) is 12. The van der Waals surface area contributed by atoms with Gasteiger partial charge in [0.2, 0.25) is 0 Å². The van der Waals surface area contributed by atoms with Crippen molar-refractivity contribution in [3.8, 4) is 22.7 Å². The van der Waals surface area contributed by atoms with E-state index in [2.05, 4.69) is 115 Å². The molecule has 0 saturated carbocycles. The zero-order valence-corrected chi connectivity index (χ0v) is 71.7. The lowest BCUT2D eigenvalue weighted by atomic mass is 9.87. The summed E-state index contributed by atoms with van der Waals surface area (Å²) in [6, 6.07) is 66.1. The van der Waals surface area contributed by atoms with Crippen LogP contribution in [0.4, 0.5) is 36.4 Å². The van der Waals surface area contributed by atoms with E-state index in [1.807, 2.05) is 150 Å². The van der Waals surface area contributed by atoms with Crippen molar-refractivity contribution in [1.29, 1.82) is 0 Å². The minimum absolute atomic E-state index is 0.0478. The minimum Gasteiger partial charge on any atom is -0.264 e. The monoisotopic (exact) mass is 1710 g/mol. The second-order valence-corrected chi connectivity index (χ2v) is 38.2. The Kier molecular flexibility index (Phi) is 24.4. The number of hydrogen-bond donors (Lipinski definition) is 4. The third kappa shape index (κ3) is 19.7. The number of para-hydroxylation sites is 1. The normalized spacial score (nSPS) is 12.2. The zero-order chi connectivity index (χ0) is 86.7. The van der Waals surface area contributed by atoms with Gasteiger partial charge in [0.1, 0.15) is 23.3 Å². The molecule has 4 N–H and O–H groups in total. The number of nitrogens with one attached hydrogen (secondary N) is 4. The van der Waals surface area contributed by atoms with E-state index in [1.165, 1.54) is 12.1 Å². The molecule has 0 fully saturated rings. The zero-order valence-electron chi connectivity index (χ0n) is 68.5. The second-order valence-electron chi connectivity index (χ2n) is 31.4. The van der Waals surface area contributed by atoms with Gasteiger partial charge in [-0.1, -0.05) is 178 Å². The first kappa shape index (κ1) is 85.9. The van der Waals surface area contributed by atoms with Crippen LogP contribution in [0.15, 0.2) is 287 Å². The minimum atomic E-state index is -4.76. The van der Waals surface area contributed by atoms with Gasteiger partial charge in [-0.25, -0.2) is 52.4 Å². The molecule has 16 rings (SSSR count). The Morgan fingerprint density at radius 3 is 1.13 bits per heavy atom. The molecule has 0 aliphatic rings. The lowest BCUT2D eigenvalue weighted by Gasteiger charge is -2.19. The third-order valence-electron chi connectivity index (χ3n) is 19.7. The number of alkyl halides is 3. The van der Waals surface area contributed by atoms with Crippen LogP contribution in [-0.4, -0.2) is 92.7 Å². The maximum absolute atomic E-state index is 13.4. The molecule has 121 heavy (non-hydrogen) atoms. The topological polar surface area (TPSA) is 308 Å². The van der Waals surface area contributed by atoms with Crippen LogP contribution in [0.5, 0.6) is 0 Å². The maximum Gasteiger partial charge on any atom is 0.435 e. The predicted molar refractivity (Wildman–Crippen MR) is 469 cm³/mol. The number of pyridine rings is 4. The molecule has 0 unspecified atom stereocenters. The van der Waals surface area contributed by atoms with Crippen molar-refractivity contribution in [2.75, 3.05) is 18.9 Å². The summed E-state index contributed by atoms with van der Waals surface area (Å²) in [4.78, 5) is 17.6. The van der Waals surface area contributed by atoms with E-state index in [-0.39, 0.29) is 47.8 Å². The smallest absolute Gasteiger partial charge is 0.264 e. The molecule has 0 atom stereocenters. The van der Waals surface area contributed by atoms with Gasteiger partial charge < -0.3 is 0 Å². The van der Waals surface area contributed by atoms with Crippen molar-refractivity contribution in [2.24, 2.45) is 0 Å². The van der Waals surface area contributed by atoms with Crippen molar-refractivity contribution in [2.45, 2.75) is 138 Å². The van der Waals surface area contributed by atoms with E-state index in [1.54, 1.807) is 148 Å². The average molecular weight is 1710 g/mol. The van der Waals surface area contributed by atoms with Crippen molar-refractivity contribution < 1.29 is 46.8 Å². The Balaban J connectivity index is 0.000000139. The van der Waals surface area contributed by atoms with E-state index < -0.39 is 52.0 Å². The Labute approximate surface area is 700 Å². The van der Waals surface area contributed by atoms with Gasteiger partial charge in [0.25, 0.3) is 40.1 Å². The number of aromatic nitrogens is 12. The molecule has 24 nitrogen and oxygen atoms in total. The van der Waals surface area contributed by atoms with Gasteiger partial charge in [0, 0.05) is 87.6 Å². The fourth-order valence-corrected chi connectivity index (χ4v) is 17.4. The number of rotatable bonds is 18. The molecule has 0 bridgehead atoms. The molecule has 16 aromatic rings. The first-order chi connectivity index (χ1) is 57.2. The molecule has 622 valence electrons. The van der Waals surface area contributed by atoms with Gasteiger partial charge in [-0.2, -0.15) is 33.6 Å². The summed E-state index contributed by atoms with van der Waals surface area (Å²) in [5.74, 6) is 1.34. The van der Waals surface area contributed by atoms with Crippen LogP contribution in [-0.2, 0) is 57.1 Å². The number of fused-ring (bicyclic) bond motifs is 4. The number of benzene rings is 8. The van der Waals surface area contributed by atoms with E-state index in [0.29, 0.717) is 63.1 Å². The van der Waals surface area contributed by atoms with Crippen LogP contribution >= 0.6 is 0 Å². The van der Waals surface area contributed by atoms with Crippen molar-refractivity contribution in [3.63, 3.8) is 0 Å². The number of sulfonamides is 4. The van der Waals surface area contributed by atoms with Crippen LogP contribution < -0.4 is 18.9 Å². The van der Waals surface area contributed by atoms with Crippen LogP contribution in [0.2, 0.25) is 0 Å². The summed E-state index contributed by atoms with van der Waals surface area (Å²) in [6.45, 7) is 26.1. The highest BCUT2D eigenvalue weighted by Crippen LogP contribution is 2.37. The summed E-state index contributed by atoms with van der Waals surface area (Å²) >= 11 is 0. The predicted octanol–water partition coefficient (Wildman–Crippen LogP) is 19.7. The van der Waals surface area contributed by atoms with Crippen molar-refractivity contribution in [3.05, 3.63) is 313 Å². The molecular formula is C90H89F3N16O8S4. The molecule has 0 spiro atoms. The van der Waals surface area contributed by atoms with Crippen LogP contribution in [0.1, 0.15) is 126 Å². The molecule has 8 aromatic carbocycles. The van der Waals surface area contributed by atoms with Gasteiger partial charge >= 0.3 is 6.18 Å². The molecule has 8 aromatic heterocycles. The quantitative estimate of drug-likeness (QED) is 0.0620. The molecular weight excluding hydrogens is 1620 g/mol. The molecule has 31 heteroatoms. The third-order valence-corrected chi connectivity index (χ3v) is 25.2. The highest BCUT2D eigenvalue weighted by Gasteiger charge is 2.37. The Bertz CT molecular complexity index is 6740. The summed E-state index contributed by atoms with van der Waals surface area (Å²) in [6.07, 6.45) is 5.43. The first-order valence-corrected chi connectivity index (χ1v) is 44.4. The number of halogens is 3. The first-order valence-electron chi connectivity index (χ1n) is 38.5. The lowest BCUT2D eigenvalue weighted by molar-refractivity contribution is -0.141. The Hall–Kier alpha value is -13.0. The fourth-order valence-electron chi connectivity index (χ4n) is 13.3. The van der Waals surface area contributed by atoms with E-state index in [4.69, 9.17) is 0 Å². The molecule has 0 radical (unpaired) electrons. The fraction of sp³-hybridized carbons (Fsp3) is 0.200. The number of hydrogen-bond acceptors (Lipinski definition) is 16. The van der Waals surface area contributed by atoms with Crippen molar-refractivity contribution >= 4 is 107 Å².